The van der Waals surface area contributed by atoms with Crippen LogP contribution in [-0.4, -0.2) is 12.4 Å². The van der Waals surface area contributed by atoms with E-state index in [-0.39, 0.29) is 18.5 Å². The van der Waals surface area contributed by atoms with Crippen LogP contribution in [0.25, 0.3) is 0 Å². The number of rotatable bonds is 1. The molecular formula is C11H16O3. The van der Waals surface area contributed by atoms with E-state index in [2.05, 4.69) is 13.8 Å². The van der Waals surface area contributed by atoms with E-state index in [0.29, 0.717) is 5.92 Å². The molecule has 1 saturated heterocycles. The van der Waals surface area contributed by atoms with Crippen LogP contribution >= 0.6 is 0 Å². The van der Waals surface area contributed by atoms with Gasteiger partial charge in [0.1, 0.15) is 11.9 Å². The molecule has 0 saturated carbocycles. The summed E-state index contributed by atoms with van der Waals surface area (Å²) in [4.78, 5) is 0. The molecule has 14 heavy (non-hydrogen) atoms. The lowest BCUT2D eigenvalue weighted by molar-refractivity contribution is -0.259. The topological polar surface area (TPSA) is 31.6 Å². The summed E-state index contributed by atoms with van der Waals surface area (Å²) in [5, 5.41) is 0. The summed E-state index contributed by atoms with van der Waals surface area (Å²) >= 11 is 0. The van der Waals surface area contributed by atoms with Crippen molar-refractivity contribution in [2.24, 2.45) is 5.92 Å². The molecule has 0 aliphatic carbocycles. The number of hydrogen-bond acceptors (Lipinski definition) is 3. The SMILES string of the molecule is CC1O[C@H](C)[C@H](C)[C@H](c2ccco2)O1. The minimum Gasteiger partial charge on any atom is -0.467 e. The van der Waals surface area contributed by atoms with Gasteiger partial charge in [0.25, 0.3) is 0 Å². The molecule has 0 bridgehead atoms. The minimum atomic E-state index is -0.156. The van der Waals surface area contributed by atoms with Gasteiger partial charge in [-0.2, -0.15) is 0 Å². The first kappa shape index (κ1) is 9.74. The van der Waals surface area contributed by atoms with Crippen LogP contribution in [0.4, 0.5) is 0 Å². The molecule has 1 fully saturated rings. The van der Waals surface area contributed by atoms with Crippen LogP contribution in [0.2, 0.25) is 0 Å². The van der Waals surface area contributed by atoms with Crippen molar-refractivity contribution in [2.75, 3.05) is 0 Å². The quantitative estimate of drug-likeness (QED) is 0.692. The van der Waals surface area contributed by atoms with Crippen molar-refractivity contribution < 1.29 is 13.9 Å². The summed E-state index contributed by atoms with van der Waals surface area (Å²) < 4.78 is 16.6. The van der Waals surface area contributed by atoms with Gasteiger partial charge < -0.3 is 13.9 Å². The molecule has 3 nitrogen and oxygen atoms in total. The van der Waals surface area contributed by atoms with Crippen LogP contribution in [0.3, 0.4) is 0 Å². The third-order valence-corrected chi connectivity index (χ3v) is 2.79. The second-order valence-electron chi connectivity index (χ2n) is 3.84. The molecule has 0 N–H and O–H groups in total. The van der Waals surface area contributed by atoms with Crippen LogP contribution in [-0.2, 0) is 9.47 Å². The predicted molar refractivity (Wildman–Crippen MR) is 51.7 cm³/mol. The molecule has 1 aromatic rings. The fourth-order valence-electron chi connectivity index (χ4n) is 1.81. The van der Waals surface area contributed by atoms with Gasteiger partial charge >= 0.3 is 0 Å². The van der Waals surface area contributed by atoms with Crippen molar-refractivity contribution in [1.29, 1.82) is 0 Å². The van der Waals surface area contributed by atoms with Crippen LogP contribution in [0.1, 0.15) is 32.6 Å². The van der Waals surface area contributed by atoms with Gasteiger partial charge in [0.2, 0.25) is 0 Å². The van der Waals surface area contributed by atoms with E-state index in [1.807, 2.05) is 19.1 Å². The molecule has 1 aliphatic rings. The number of furan rings is 1. The van der Waals surface area contributed by atoms with Gasteiger partial charge in [0.05, 0.1) is 12.4 Å². The third-order valence-electron chi connectivity index (χ3n) is 2.79. The monoisotopic (exact) mass is 196 g/mol. The Morgan fingerprint density at radius 3 is 2.57 bits per heavy atom. The molecule has 78 valence electrons. The molecule has 0 spiro atoms. The number of ether oxygens (including phenoxy) is 2. The fraction of sp³-hybridized carbons (Fsp3) is 0.636. The Balaban J connectivity index is 2.17. The Kier molecular flexibility index (Phi) is 2.61. The van der Waals surface area contributed by atoms with Gasteiger partial charge in [-0.15, -0.1) is 0 Å². The van der Waals surface area contributed by atoms with Crippen LogP contribution in [0.5, 0.6) is 0 Å². The molecular weight excluding hydrogens is 180 g/mol. The van der Waals surface area contributed by atoms with Crippen molar-refractivity contribution >= 4 is 0 Å². The predicted octanol–water partition coefficient (Wildman–Crippen LogP) is 2.74. The molecule has 1 unspecified atom stereocenters. The highest BCUT2D eigenvalue weighted by atomic mass is 16.7. The van der Waals surface area contributed by atoms with Crippen molar-refractivity contribution in [3.8, 4) is 0 Å². The lowest BCUT2D eigenvalue weighted by Crippen LogP contribution is -2.37. The highest BCUT2D eigenvalue weighted by molar-refractivity contribution is 5.04. The van der Waals surface area contributed by atoms with E-state index < -0.39 is 0 Å². The summed E-state index contributed by atoms with van der Waals surface area (Å²) in [6.45, 7) is 6.10. The molecule has 3 heteroatoms. The standard InChI is InChI=1S/C11H16O3/c1-7-8(2)13-9(3)14-11(7)10-5-4-6-12-10/h4-9,11H,1-3H3/t7-,8+,9?,11+/m0/s1. The van der Waals surface area contributed by atoms with Crippen molar-refractivity contribution in [3.05, 3.63) is 24.2 Å². The van der Waals surface area contributed by atoms with Gasteiger partial charge in [-0.25, -0.2) is 0 Å². The van der Waals surface area contributed by atoms with Gasteiger partial charge in [-0.3, -0.25) is 0 Å². The van der Waals surface area contributed by atoms with E-state index in [4.69, 9.17) is 13.9 Å². The highest BCUT2D eigenvalue weighted by Crippen LogP contribution is 2.35. The zero-order chi connectivity index (χ0) is 10.1. The Morgan fingerprint density at radius 1 is 1.14 bits per heavy atom. The van der Waals surface area contributed by atoms with E-state index in [1.165, 1.54) is 0 Å². The summed E-state index contributed by atoms with van der Waals surface area (Å²) in [7, 11) is 0. The maximum absolute atomic E-state index is 5.70. The lowest BCUT2D eigenvalue weighted by atomic mass is 9.96. The molecule has 0 amide bonds. The van der Waals surface area contributed by atoms with Crippen LogP contribution < -0.4 is 0 Å². The first-order valence-corrected chi connectivity index (χ1v) is 5.03. The maximum Gasteiger partial charge on any atom is 0.156 e. The average molecular weight is 196 g/mol. The molecule has 0 radical (unpaired) electrons. The molecule has 1 aliphatic heterocycles. The van der Waals surface area contributed by atoms with E-state index in [0.717, 1.165) is 5.76 Å². The Labute approximate surface area is 84.0 Å². The fourth-order valence-corrected chi connectivity index (χ4v) is 1.81. The Morgan fingerprint density at radius 2 is 1.93 bits per heavy atom. The minimum absolute atomic E-state index is 0.0174. The van der Waals surface area contributed by atoms with Gasteiger partial charge in [-0.1, -0.05) is 6.92 Å². The van der Waals surface area contributed by atoms with Crippen molar-refractivity contribution in [1.82, 2.24) is 0 Å². The van der Waals surface area contributed by atoms with Gasteiger partial charge in [-0.05, 0) is 26.0 Å². The maximum atomic E-state index is 5.70. The highest BCUT2D eigenvalue weighted by Gasteiger charge is 2.34. The molecule has 0 aromatic carbocycles. The van der Waals surface area contributed by atoms with Gasteiger partial charge in [0.15, 0.2) is 6.29 Å². The first-order valence-electron chi connectivity index (χ1n) is 5.03. The third kappa shape index (κ3) is 1.70. The number of hydrogen-bond donors (Lipinski definition) is 0. The van der Waals surface area contributed by atoms with Gasteiger partial charge in [0, 0.05) is 5.92 Å². The summed E-state index contributed by atoms with van der Waals surface area (Å²) in [6.07, 6.45) is 1.74. The second kappa shape index (κ2) is 3.75. The zero-order valence-electron chi connectivity index (χ0n) is 8.77. The van der Waals surface area contributed by atoms with E-state index >= 15 is 0 Å². The zero-order valence-corrected chi connectivity index (χ0v) is 8.77. The van der Waals surface area contributed by atoms with Crippen molar-refractivity contribution in [2.45, 2.75) is 39.3 Å². The average Bonchev–Trinajstić information content (AvgIpc) is 2.63. The largest absolute Gasteiger partial charge is 0.467 e. The normalized spacial score (nSPS) is 38.5. The Hall–Kier alpha value is -0.800. The van der Waals surface area contributed by atoms with E-state index in [9.17, 15) is 0 Å². The summed E-state index contributed by atoms with van der Waals surface area (Å²) in [5.41, 5.74) is 0. The van der Waals surface area contributed by atoms with E-state index in [1.54, 1.807) is 6.26 Å². The molecule has 4 atom stereocenters. The molecule has 2 heterocycles. The van der Waals surface area contributed by atoms with Crippen LogP contribution in [0.15, 0.2) is 22.8 Å². The Bertz CT molecular complexity index is 281. The molecule has 1 aromatic heterocycles. The summed E-state index contributed by atoms with van der Waals surface area (Å²) in [5.74, 6) is 1.21. The summed E-state index contributed by atoms with van der Waals surface area (Å²) in [6, 6.07) is 3.84. The first-order chi connectivity index (χ1) is 6.68. The lowest BCUT2D eigenvalue weighted by Gasteiger charge is -2.36. The van der Waals surface area contributed by atoms with Crippen molar-refractivity contribution in [3.63, 3.8) is 0 Å². The molecule has 2 rings (SSSR count). The second-order valence-corrected chi connectivity index (χ2v) is 3.84. The smallest absolute Gasteiger partial charge is 0.156 e. The van der Waals surface area contributed by atoms with Crippen LogP contribution in [0, 0.1) is 5.92 Å².